The summed E-state index contributed by atoms with van der Waals surface area (Å²) in [6.45, 7) is 5.68. The standard InChI is InChI=1S/C16H24ClNO2/c1-13-6-7-15(17)16(11-13)20-9-3-2-8-18-12-14-5-4-10-19-14/h6-7,11,14,18H,2-5,8-10,12H2,1H3/t14-/m0/s1. The van der Waals surface area contributed by atoms with Crippen LogP contribution in [-0.4, -0.2) is 32.4 Å². The van der Waals surface area contributed by atoms with Gasteiger partial charge in [0.05, 0.1) is 17.7 Å². The number of hydrogen-bond donors (Lipinski definition) is 1. The van der Waals surface area contributed by atoms with Gasteiger partial charge >= 0.3 is 0 Å². The third-order valence-electron chi connectivity index (χ3n) is 3.49. The molecule has 0 aliphatic carbocycles. The quantitative estimate of drug-likeness (QED) is 0.744. The van der Waals surface area contributed by atoms with Crippen molar-refractivity contribution in [2.24, 2.45) is 0 Å². The predicted molar refractivity (Wildman–Crippen MR) is 82.8 cm³/mol. The van der Waals surface area contributed by atoms with E-state index in [1.54, 1.807) is 0 Å². The molecule has 1 aliphatic rings. The van der Waals surface area contributed by atoms with Crippen LogP contribution in [0.5, 0.6) is 5.75 Å². The average Bonchev–Trinajstić information content (AvgIpc) is 2.94. The number of unbranched alkanes of at least 4 members (excludes halogenated alkanes) is 1. The van der Waals surface area contributed by atoms with Crippen molar-refractivity contribution in [3.63, 3.8) is 0 Å². The highest BCUT2D eigenvalue weighted by Crippen LogP contribution is 2.25. The Balaban J connectivity index is 1.51. The second-order valence-corrected chi connectivity index (χ2v) is 5.74. The van der Waals surface area contributed by atoms with Crippen molar-refractivity contribution in [1.29, 1.82) is 0 Å². The summed E-state index contributed by atoms with van der Waals surface area (Å²) in [5, 5.41) is 4.13. The maximum absolute atomic E-state index is 6.08. The van der Waals surface area contributed by atoms with Crippen molar-refractivity contribution in [2.45, 2.75) is 38.7 Å². The zero-order valence-corrected chi connectivity index (χ0v) is 12.9. The molecule has 4 heteroatoms. The van der Waals surface area contributed by atoms with E-state index in [1.165, 1.54) is 18.4 Å². The Bertz CT molecular complexity index is 405. The fourth-order valence-electron chi connectivity index (χ4n) is 2.32. The molecule has 112 valence electrons. The summed E-state index contributed by atoms with van der Waals surface area (Å²) in [5.41, 5.74) is 1.17. The van der Waals surface area contributed by atoms with E-state index in [1.807, 2.05) is 25.1 Å². The maximum Gasteiger partial charge on any atom is 0.138 e. The van der Waals surface area contributed by atoms with Gasteiger partial charge in [0.25, 0.3) is 0 Å². The van der Waals surface area contributed by atoms with Gasteiger partial charge in [0.1, 0.15) is 5.75 Å². The summed E-state index contributed by atoms with van der Waals surface area (Å²) < 4.78 is 11.3. The fourth-order valence-corrected chi connectivity index (χ4v) is 2.50. The van der Waals surface area contributed by atoms with Crippen LogP contribution >= 0.6 is 11.6 Å². The van der Waals surface area contributed by atoms with Gasteiger partial charge in [-0.15, -0.1) is 0 Å². The number of nitrogens with one attached hydrogen (secondary N) is 1. The van der Waals surface area contributed by atoms with Gasteiger partial charge in [-0.25, -0.2) is 0 Å². The lowest BCUT2D eigenvalue weighted by molar-refractivity contribution is 0.110. The lowest BCUT2D eigenvalue weighted by atomic mass is 10.2. The molecule has 1 aromatic carbocycles. The molecule has 2 rings (SSSR count). The number of aryl methyl sites for hydroxylation is 1. The molecule has 0 radical (unpaired) electrons. The predicted octanol–water partition coefficient (Wildman–Crippen LogP) is 3.58. The van der Waals surface area contributed by atoms with Crippen molar-refractivity contribution in [2.75, 3.05) is 26.3 Å². The Hall–Kier alpha value is -0.770. The van der Waals surface area contributed by atoms with Crippen LogP contribution in [0.4, 0.5) is 0 Å². The van der Waals surface area contributed by atoms with E-state index >= 15 is 0 Å². The first-order valence-electron chi connectivity index (χ1n) is 7.47. The minimum absolute atomic E-state index is 0.428. The molecule has 1 fully saturated rings. The first-order chi connectivity index (χ1) is 9.75. The van der Waals surface area contributed by atoms with Crippen LogP contribution in [0.1, 0.15) is 31.2 Å². The molecule has 0 unspecified atom stereocenters. The van der Waals surface area contributed by atoms with Crippen molar-refractivity contribution in [3.8, 4) is 5.75 Å². The van der Waals surface area contributed by atoms with E-state index in [9.17, 15) is 0 Å². The van der Waals surface area contributed by atoms with E-state index < -0.39 is 0 Å². The summed E-state index contributed by atoms with van der Waals surface area (Å²) in [6.07, 6.45) is 4.97. The molecule has 0 aromatic heterocycles. The Labute approximate surface area is 126 Å². The molecule has 0 amide bonds. The highest BCUT2D eigenvalue weighted by Gasteiger charge is 2.13. The van der Waals surface area contributed by atoms with E-state index in [4.69, 9.17) is 21.1 Å². The molecule has 1 aliphatic heterocycles. The summed E-state index contributed by atoms with van der Waals surface area (Å²) in [7, 11) is 0. The molecule has 1 heterocycles. The van der Waals surface area contributed by atoms with E-state index in [0.717, 1.165) is 38.3 Å². The molecule has 1 atom stereocenters. The second kappa shape index (κ2) is 8.50. The Morgan fingerprint density at radius 1 is 1.40 bits per heavy atom. The first kappa shape index (κ1) is 15.6. The van der Waals surface area contributed by atoms with Crippen LogP contribution in [0, 0.1) is 6.92 Å². The second-order valence-electron chi connectivity index (χ2n) is 5.33. The molecular weight excluding hydrogens is 274 g/mol. The van der Waals surface area contributed by atoms with Gasteiger partial charge in [0.15, 0.2) is 0 Å². The van der Waals surface area contributed by atoms with Crippen LogP contribution in [0.25, 0.3) is 0 Å². The van der Waals surface area contributed by atoms with Crippen molar-refractivity contribution in [1.82, 2.24) is 5.32 Å². The highest BCUT2D eigenvalue weighted by molar-refractivity contribution is 6.32. The number of rotatable bonds is 8. The summed E-state index contributed by atoms with van der Waals surface area (Å²) >= 11 is 6.08. The molecular formula is C16H24ClNO2. The highest BCUT2D eigenvalue weighted by atomic mass is 35.5. The number of halogens is 1. The lowest BCUT2D eigenvalue weighted by Crippen LogP contribution is -2.27. The van der Waals surface area contributed by atoms with Gasteiger partial charge in [-0.1, -0.05) is 17.7 Å². The van der Waals surface area contributed by atoms with Gasteiger partial charge in [-0.3, -0.25) is 0 Å². The van der Waals surface area contributed by atoms with E-state index in [0.29, 0.717) is 17.7 Å². The molecule has 20 heavy (non-hydrogen) atoms. The minimum Gasteiger partial charge on any atom is -0.492 e. The lowest BCUT2D eigenvalue weighted by Gasteiger charge is -2.11. The largest absolute Gasteiger partial charge is 0.492 e. The third kappa shape index (κ3) is 5.31. The van der Waals surface area contributed by atoms with Crippen molar-refractivity contribution in [3.05, 3.63) is 28.8 Å². The Morgan fingerprint density at radius 3 is 3.10 bits per heavy atom. The van der Waals surface area contributed by atoms with Gasteiger partial charge in [0, 0.05) is 13.2 Å². The molecule has 0 bridgehead atoms. The average molecular weight is 298 g/mol. The zero-order chi connectivity index (χ0) is 14.2. The van der Waals surface area contributed by atoms with E-state index in [2.05, 4.69) is 5.32 Å². The third-order valence-corrected chi connectivity index (χ3v) is 3.80. The van der Waals surface area contributed by atoms with Crippen LogP contribution < -0.4 is 10.1 Å². The normalized spacial score (nSPS) is 18.4. The zero-order valence-electron chi connectivity index (χ0n) is 12.2. The van der Waals surface area contributed by atoms with Crippen LogP contribution in [0.15, 0.2) is 18.2 Å². The molecule has 0 spiro atoms. The number of hydrogen-bond acceptors (Lipinski definition) is 3. The molecule has 3 nitrogen and oxygen atoms in total. The maximum atomic E-state index is 6.08. The first-order valence-corrected chi connectivity index (χ1v) is 7.85. The fraction of sp³-hybridized carbons (Fsp3) is 0.625. The summed E-state index contributed by atoms with van der Waals surface area (Å²) in [6, 6.07) is 5.86. The number of ether oxygens (including phenoxy) is 2. The number of benzene rings is 1. The van der Waals surface area contributed by atoms with Crippen molar-refractivity contribution >= 4 is 11.6 Å². The Kier molecular flexibility index (Phi) is 6.64. The van der Waals surface area contributed by atoms with E-state index in [-0.39, 0.29) is 0 Å². The van der Waals surface area contributed by atoms with Gasteiger partial charge in [-0.2, -0.15) is 0 Å². The van der Waals surface area contributed by atoms with Gasteiger partial charge in [0.2, 0.25) is 0 Å². The summed E-state index contributed by atoms with van der Waals surface area (Å²) in [4.78, 5) is 0. The SMILES string of the molecule is Cc1ccc(Cl)c(OCCCCNC[C@@H]2CCCO2)c1. The molecule has 1 N–H and O–H groups in total. The Morgan fingerprint density at radius 2 is 2.30 bits per heavy atom. The monoisotopic (exact) mass is 297 g/mol. The van der Waals surface area contributed by atoms with Crippen LogP contribution in [0.3, 0.4) is 0 Å². The smallest absolute Gasteiger partial charge is 0.138 e. The van der Waals surface area contributed by atoms with Crippen LogP contribution in [-0.2, 0) is 4.74 Å². The van der Waals surface area contributed by atoms with Crippen LogP contribution in [0.2, 0.25) is 5.02 Å². The molecule has 1 saturated heterocycles. The van der Waals surface area contributed by atoms with Crippen molar-refractivity contribution < 1.29 is 9.47 Å². The van der Waals surface area contributed by atoms with Gasteiger partial charge < -0.3 is 14.8 Å². The topological polar surface area (TPSA) is 30.5 Å². The van der Waals surface area contributed by atoms with Gasteiger partial charge in [-0.05, 0) is 56.8 Å². The molecule has 0 saturated carbocycles. The minimum atomic E-state index is 0.428. The summed E-state index contributed by atoms with van der Waals surface area (Å²) in [5.74, 6) is 0.791. The molecule has 1 aromatic rings.